The van der Waals surface area contributed by atoms with Crippen LogP contribution in [0.1, 0.15) is 12.5 Å². The average molecular weight is 181 g/mol. The fourth-order valence-electron chi connectivity index (χ4n) is 1.44. The molecule has 1 aliphatic heterocycles. The first-order chi connectivity index (χ1) is 5.75. The Morgan fingerprint density at radius 2 is 2.25 bits per heavy atom. The van der Waals surface area contributed by atoms with E-state index in [0.717, 1.165) is 5.02 Å². The summed E-state index contributed by atoms with van der Waals surface area (Å²) < 4.78 is 0. The lowest BCUT2D eigenvalue weighted by atomic mass is 10.1. The predicted octanol–water partition coefficient (Wildman–Crippen LogP) is 1.95. The van der Waals surface area contributed by atoms with Crippen LogP contribution >= 0.6 is 11.6 Å². The van der Waals surface area contributed by atoms with Gasteiger partial charge < -0.3 is 5.32 Å². The third-order valence-corrected chi connectivity index (χ3v) is 2.31. The van der Waals surface area contributed by atoms with Crippen molar-refractivity contribution in [2.75, 3.05) is 0 Å². The van der Waals surface area contributed by atoms with Gasteiger partial charge in [0.25, 0.3) is 0 Å². The highest BCUT2D eigenvalue weighted by Crippen LogP contribution is 2.20. The van der Waals surface area contributed by atoms with Crippen LogP contribution in [0.5, 0.6) is 0 Å². The summed E-state index contributed by atoms with van der Waals surface area (Å²) in [5.74, 6) is 0. The molecule has 2 rings (SSSR count). The molecule has 1 aliphatic rings. The zero-order valence-electron chi connectivity index (χ0n) is 6.92. The Morgan fingerprint density at radius 1 is 1.42 bits per heavy atom. The Hall–Kier alpha value is -0.790. The summed E-state index contributed by atoms with van der Waals surface area (Å²) >= 11 is 5.88. The Labute approximate surface area is 77.0 Å². The SMILES string of the molecule is CC1C=Cc2ccc(Cl)cc2[NH2+]1. The van der Waals surface area contributed by atoms with Gasteiger partial charge in [-0.2, -0.15) is 0 Å². The van der Waals surface area contributed by atoms with Gasteiger partial charge in [0.05, 0.1) is 0 Å². The van der Waals surface area contributed by atoms with Gasteiger partial charge in [-0.15, -0.1) is 0 Å². The van der Waals surface area contributed by atoms with Crippen molar-refractivity contribution in [2.45, 2.75) is 13.0 Å². The van der Waals surface area contributed by atoms with E-state index in [0.29, 0.717) is 6.04 Å². The number of benzene rings is 1. The number of halogens is 1. The van der Waals surface area contributed by atoms with Crippen LogP contribution in [0.4, 0.5) is 5.69 Å². The molecule has 0 fully saturated rings. The van der Waals surface area contributed by atoms with Crippen LogP contribution in [-0.4, -0.2) is 6.04 Å². The number of fused-ring (bicyclic) bond motifs is 1. The van der Waals surface area contributed by atoms with Crippen LogP contribution < -0.4 is 5.32 Å². The summed E-state index contributed by atoms with van der Waals surface area (Å²) in [5, 5.41) is 3.04. The summed E-state index contributed by atoms with van der Waals surface area (Å²) in [6.45, 7) is 2.17. The zero-order chi connectivity index (χ0) is 8.55. The van der Waals surface area contributed by atoms with Crippen molar-refractivity contribution in [3.8, 4) is 0 Å². The highest BCUT2D eigenvalue weighted by molar-refractivity contribution is 6.30. The Morgan fingerprint density at radius 3 is 3.08 bits per heavy atom. The Balaban J connectivity index is 2.47. The molecule has 12 heavy (non-hydrogen) atoms. The molecule has 0 saturated carbocycles. The second kappa shape index (κ2) is 2.92. The van der Waals surface area contributed by atoms with Crippen LogP contribution in [0, 0.1) is 0 Å². The normalized spacial score (nSPS) is 20.7. The molecule has 0 radical (unpaired) electrons. The van der Waals surface area contributed by atoms with Gasteiger partial charge in [0.2, 0.25) is 0 Å². The van der Waals surface area contributed by atoms with E-state index < -0.39 is 0 Å². The fraction of sp³-hybridized carbons (Fsp3) is 0.200. The van der Waals surface area contributed by atoms with E-state index >= 15 is 0 Å². The maximum atomic E-state index is 5.88. The molecule has 0 amide bonds. The van der Waals surface area contributed by atoms with Crippen molar-refractivity contribution in [3.05, 3.63) is 34.9 Å². The Bertz CT molecular complexity index is 331. The lowest BCUT2D eigenvalue weighted by Gasteiger charge is -2.13. The number of quaternary nitrogens is 1. The van der Waals surface area contributed by atoms with Crippen LogP contribution in [0.15, 0.2) is 24.3 Å². The molecule has 0 bridgehead atoms. The van der Waals surface area contributed by atoms with E-state index in [9.17, 15) is 0 Å². The van der Waals surface area contributed by atoms with Gasteiger partial charge in [0.15, 0.2) is 0 Å². The molecule has 1 nitrogen and oxygen atoms in total. The fourth-order valence-corrected chi connectivity index (χ4v) is 1.62. The van der Waals surface area contributed by atoms with E-state index in [1.54, 1.807) is 0 Å². The quantitative estimate of drug-likeness (QED) is 0.588. The topological polar surface area (TPSA) is 16.6 Å². The van der Waals surface area contributed by atoms with Gasteiger partial charge in [-0.05, 0) is 31.2 Å². The summed E-state index contributed by atoms with van der Waals surface area (Å²) in [5.41, 5.74) is 2.51. The smallest absolute Gasteiger partial charge is 0.138 e. The minimum Gasteiger partial charge on any atom is -0.308 e. The van der Waals surface area contributed by atoms with E-state index in [1.807, 2.05) is 12.1 Å². The molecular formula is C10H11ClN+. The number of hydrogen-bond acceptors (Lipinski definition) is 0. The second-order valence-electron chi connectivity index (χ2n) is 3.16. The third-order valence-electron chi connectivity index (χ3n) is 2.07. The predicted molar refractivity (Wildman–Crippen MR) is 51.5 cm³/mol. The summed E-state index contributed by atoms with van der Waals surface area (Å²) in [4.78, 5) is 0. The van der Waals surface area contributed by atoms with Crippen molar-refractivity contribution in [3.63, 3.8) is 0 Å². The first-order valence-corrected chi connectivity index (χ1v) is 4.46. The van der Waals surface area contributed by atoms with Crippen LogP contribution in [0.2, 0.25) is 5.02 Å². The zero-order valence-corrected chi connectivity index (χ0v) is 7.68. The van der Waals surface area contributed by atoms with Crippen molar-refractivity contribution in [2.24, 2.45) is 0 Å². The van der Waals surface area contributed by atoms with Crippen LogP contribution in [-0.2, 0) is 0 Å². The van der Waals surface area contributed by atoms with Crippen molar-refractivity contribution in [1.82, 2.24) is 0 Å². The molecule has 0 aliphatic carbocycles. The largest absolute Gasteiger partial charge is 0.308 e. The van der Waals surface area contributed by atoms with Crippen molar-refractivity contribution in [1.29, 1.82) is 0 Å². The molecule has 0 saturated heterocycles. The summed E-state index contributed by atoms with van der Waals surface area (Å²) in [6.07, 6.45) is 4.34. The average Bonchev–Trinajstić information content (AvgIpc) is 2.03. The second-order valence-corrected chi connectivity index (χ2v) is 3.59. The van der Waals surface area contributed by atoms with E-state index in [2.05, 4.69) is 30.5 Å². The molecule has 2 N–H and O–H groups in total. The van der Waals surface area contributed by atoms with Gasteiger partial charge in [-0.1, -0.05) is 11.6 Å². The van der Waals surface area contributed by atoms with Gasteiger partial charge >= 0.3 is 0 Å². The maximum Gasteiger partial charge on any atom is 0.138 e. The van der Waals surface area contributed by atoms with E-state index in [4.69, 9.17) is 11.6 Å². The lowest BCUT2D eigenvalue weighted by Crippen LogP contribution is -2.84. The monoisotopic (exact) mass is 180 g/mol. The standard InChI is InChI=1S/C10H10ClN/c1-7-2-3-8-4-5-9(11)6-10(8)12-7/h2-7,12H,1H3/p+1. The highest BCUT2D eigenvalue weighted by atomic mass is 35.5. The maximum absolute atomic E-state index is 5.88. The molecule has 1 unspecified atom stereocenters. The first kappa shape index (κ1) is 7.84. The Kier molecular flexibility index (Phi) is 1.91. The first-order valence-electron chi connectivity index (χ1n) is 4.08. The summed E-state index contributed by atoms with van der Waals surface area (Å²) in [6, 6.07) is 6.51. The summed E-state index contributed by atoms with van der Waals surface area (Å²) in [7, 11) is 0. The number of rotatable bonds is 0. The van der Waals surface area contributed by atoms with Crippen LogP contribution in [0.25, 0.3) is 6.08 Å². The molecule has 0 spiro atoms. The molecule has 1 aromatic rings. The molecule has 2 heteroatoms. The molecule has 62 valence electrons. The van der Waals surface area contributed by atoms with Gasteiger partial charge in [-0.25, -0.2) is 0 Å². The van der Waals surface area contributed by atoms with Crippen molar-refractivity contribution >= 4 is 23.4 Å². The van der Waals surface area contributed by atoms with Gasteiger partial charge in [0.1, 0.15) is 11.7 Å². The minimum atomic E-state index is 0.524. The molecule has 1 aromatic carbocycles. The van der Waals surface area contributed by atoms with E-state index in [-0.39, 0.29) is 0 Å². The third kappa shape index (κ3) is 1.38. The molecule has 1 heterocycles. The van der Waals surface area contributed by atoms with Crippen molar-refractivity contribution < 1.29 is 5.32 Å². The molecular weight excluding hydrogens is 170 g/mol. The lowest BCUT2D eigenvalue weighted by molar-refractivity contribution is -0.596. The van der Waals surface area contributed by atoms with Gasteiger partial charge in [-0.3, -0.25) is 0 Å². The molecule has 0 aromatic heterocycles. The van der Waals surface area contributed by atoms with Gasteiger partial charge in [0, 0.05) is 16.7 Å². The highest BCUT2D eigenvalue weighted by Gasteiger charge is 2.12. The number of hydrogen-bond donors (Lipinski definition) is 1. The minimum absolute atomic E-state index is 0.524. The van der Waals surface area contributed by atoms with E-state index in [1.165, 1.54) is 11.3 Å². The molecule has 1 atom stereocenters. The number of nitrogens with two attached hydrogens (primary N) is 1. The van der Waals surface area contributed by atoms with Crippen LogP contribution in [0.3, 0.4) is 0 Å².